The molecule has 1 nitrogen and oxygen atoms in total. The number of fused-ring (bicyclic) bond motifs is 8. The molecule has 0 saturated carbocycles. The van der Waals surface area contributed by atoms with Crippen LogP contribution in [0.3, 0.4) is 0 Å². The Hall–Kier alpha value is -5.40. The van der Waals surface area contributed by atoms with E-state index in [9.17, 15) is 0 Å². The Bertz CT molecular complexity index is 2420. The molecule has 0 fully saturated rings. The Morgan fingerprint density at radius 1 is 0.293 bits per heavy atom. The van der Waals surface area contributed by atoms with Crippen LogP contribution in [0, 0.1) is 0 Å². The van der Waals surface area contributed by atoms with Gasteiger partial charge in [-0.25, -0.2) is 0 Å². The van der Waals surface area contributed by atoms with Gasteiger partial charge in [0.2, 0.25) is 0 Å². The number of hydrogen-bond donors (Lipinski definition) is 0. The normalized spacial score (nSPS) is 11.9. The number of para-hydroxylation sites is 3. The average molecular weight is 520 g/mol. The van der Waals surface area contributed by atoms with Crippen molar-refractivity contribution in [3.8, 4) is 16.8 Å². The quantitative estimate of drug-likeness (QED) is 0.158. The van der Waals surface area contributed by atoms with E-state index in [-0.39, 0.29) is 0 Å². The maximum absolute atomic E-state index is 2.43. The Morgan fingerprint density at radius 3 is 1.56 bits per heavy atom. The van der Waals surface area contributed by atoms with Gasteiger partial charge in [-0.1, -0.05) is 109 Å². The van der Waals surface area contributed by atoms with Crippen molar-refractivity contribution in [3.63, 3.8) is 0 Å². The van der Waals surface area contributed by atoms with Crippen LogP contribution in [0.25, 0.3) is 81.7 Å². The van der Waals surface area contributed by atoms with Crippen LogP contribution in [0.4, 0.5) is 0 Å². The second-order valence-corrected chi connectivity index (χ2v) is 11.0. The van der Waals surface area contributed by atoms with Crippen LogP contribution in [0.2, 0.25) is 0 Å². The number of benzene rings is 8. The van der Waals surface area contributed by atoms with E-state index in [0.29, 0.717) is 0 Å². The minimum Gasteiger partial charge on any atom is -0.309 e. The lowest BCUT2D eigenvalue weighted by atomic mass is 9.92. The summed E-state index contributed by atoms with van der Waals surface area (Å²) in [5, 5.41) is 12.8. The van der Waals surface area contributed by atoms with Crippen LogP contribution in [0.5, 0.6) is 0 Å². The molecule has 1 heterocycles. The second-order valence-electron chi connectivity index (χ2n) is 11.0. The maximum Gasteiger partial charge on any atom is 0.0541 e. The van der Waals surface area contributed by atoms with Crippen LogP contribution in [0.1, 0.15) is 0 Å². The third-order valence-electron chi connectivity index (χ3n) is 8.72. The van der Waals surface area contributed by atoms with Crippen LogP contribution < -0.4 is 0 Å². The molecular weight excluding hydrogens is 494 g/mol. The fourth-order valence-corrected chi connectivity index (χ4v) is 6.84. The summed E-state index contributed by atoms with van der Waals surface area (Å²) in [6, 6.07) is 55.7. The molecule has 0 aliphatic carbocycles. The molecule has 9 rings (SSSR count). The van der Waals surface area contributed by atoms with E-state index >= 15 is 0 Å². The zero-order valence-corrected chi connectivity index (χ0v) is 22.4. The molecular formula is C40H25N. The lowest BCUT2D eigenvalue weighted by molar-refractivity contribution is 1.18. The van der Waals surface area contributed by atoms with E-state index in [1.54, 1.807) is 0 Å². The van der Waals surface area contributed by atoms with E-state index in [0.717, 1.165) is 0 Å². The molecule has 0 saturated heterocycles. The number of hydrogen-bond acceptors (Lipinski definition) is 0. The van der Waals surface area contributed by atoms with Crippen molar-refractivity contribution in [2.75, 3.05) is 0 Å². The van der Waals surface area contributed by atoms with E-state index in [2.05, 4.69) is 156 Å². The molecule has 0 radical (unpaired) electrons. The van der Waals surface area contributed by atoms with Gasteiger partial charge in [0.15, 0.2) is 0 Å². The molecule has 0 aliphatic heterocycles. The van der Waals surface area contributed by atoms with E-state index in [1.807, 2.05) is 0 Å². The number of nitrogens with zero attached hydrogens (tertiary/aromatic N) is 1. The molecule has 8 aromatic carbocycles. The highest BCUT2D eigenvalue weighted by molar-refractivity contribution is 6.17. The highest BCUT2D eigenvalue weighted by atomic mass is 15.0. The lowest BCUT2D eigenvalue weighted by Crippen LogP contribution is -1.97. The van der Waals surface area contributed by atoms with Gasteiger partial charge in [0, 0.05) is 16.3 Å². The summed E-state index contributed by atoms with van der Waals surface area (Å²) in [4.78, 5) is 0. The predicted molar refractivity (Wildman–Crippen MR) is 176 cm³/mol. The van der Waals surface area contributed by atoms with E-state index in [4.69, 9.17) is 0 Å². The van der Waals surface area contributed by atoms with Crippen LogP contribution >= 0.6 is 0 Å². The number of rotatable bonds is 2. The highest BCUT2D eigenvalue weighted by Gasteiger charge is 2.16. The van der Waals surface area contributed by atoms with Crippen molar-refractivity contribution < 1.29 is 0 Å². The van der Waals surface area contributed by atoms with Crippen molar-refractivity contribution in [1.82, 2.24) is 4.57 Å². The van der Waals surface area contributed by atoms with E-state index < -0.39 is 0 Å². The van der Waals surface area contributed by atoms with Gasteiger partial charge in [0.05, 0.1) is 16.7 Å². The average Bonchev–Trinajstić information content (AvgIpc) is 3.37. The molecule has 41 heavy (non-hydrogen) atoms. The first-order valence-corrected chi connectivity index (χ1v) is 14.2. The molecule has 0 N–H and O–H groups in total. The van der Waals surface area contributed by atoms with Gasteiger partial charge in [-0.05, 0) is 91.1 Å². The highest BCUT2D eigenvalue weighted by Crippen LogP contribution is 2.40. The molecule has 190 valence electrons. The third kappa shape index (κ3) is 3.30. The standard InChI is InChI=1S/C40H25N/c1-2-11-27-24-35-29(22-26(27)10-1)20-21-30-23-28-12-9-16-31(36(28)25-37(30)35)32-13-3-6-17-38(32)41-39-18-7-4-14-33(39)34-15-5-8-19-40(34)41/h1-25H. The molecule has 0 atom stereocenters. The monoisotopic (exact) mass is 519 g/mol. The van der Waals surface area contributed by atoms with E-state index in [1.165, 1.54) is 81.7 Å². The molecule has 0 bridgehead atoms. The smallest absolute Gasteiger partial charge is 0.0541 e. The SMILES string of the molecule is c1ccc(-n2c3ccccc3c3ccccc32)c(-c2cccc3cc4ccc5cc6ccccc6cc5c4cc23)c1. The maximum atomic E-state index is 2.43. The largest absolute Gasteiger partial charge is 0.309 e. The van der Waals surface area contributed by atoms with Crippen LogP contribution in [0.15, 0.2) is 152 Å². The summed E-state index contributed by atoms with van der Waals surface area (Å²) in [5.74, 6) is 0. The van der Waals surface area contributed by atoms with Crippen LogP contribution in [-0.4, -0.2) is 4.57 Å². The third-order valence-corrected chi connectivity index (χ3v) is 8.72. The topological polar surface area (TPSA) is 4.93 Å². The Balaban J connectivity index is 1.36. The first kappa shape index (κ1) is 22.4. The van der Waals surface area contributed by atoms with Gasteiger partial charge in [0.1, 0.15) is 0 Å². The van der Waals surface area contributed by atoms with Gasteiger partial charge in [0.25, 0.3) is 0 Å². The molecule has 9 aromatic rings. The fourth-order valence-electron chi connectivity index (χ4n) is 6.84. The van der Waals surface area contributed by atoms with Crippen molar-refractivity contribution in [3.05, 3.63) is 152 Å². The van der Waals surface area contributed by atoms with Crippen molar-refractivity contribution in [2.45, 2.75) is 0 Å². The molecule has 0 spiro atoms. The molecule has 0 unspecified atom stereocenters. The Morgan fingerprint density at radius 2 is 0.805 bits per heavy atom. The zero-order chi connectivity index (χ0) is 26.9. The van der Waals surface area contributed by atoms with Gasteiger partial charge in [-0.15, -0.1) is 0 Å². The summed E-state index contributed by atoms with van der Waals surface area (Å²) in [6.45, 7) is 0. The summed E-state index contributed by atoms with van der Waals surface area (Å²) in [5.41, 5.74) is 6.13. The molecule has 1 heteroatoms. The fraction of sp³-hybridized carbons (Fsp3) is 0. The summed E-state index contributed by atoms with van der Waals surface area (Å²) >= 11 is 0. The lowest BCUT2D eigenvalue weighted by Gasteiger charge is -2.16. The molecule has 1 aromatic heterocycles. The first-order valence-electron chi connectivity index (χ1n) is 14.2. The predicted octanol–water partition coefficient (Wildman–Crippen LogP) is 11.1. The van der Waals surface area contributed by atoms with Crippen molar-refractivity contribution in [2.24, 2.45) is 0 Å². The van der Waals surface area contributed by atoms with Gasteiger partial charge in [-0.2, -0.15) is 0 Å². The minimum absolute atomic E-state index is 1.20. The summed E-state index contributed by atoms with van der Waals surface area (Å²) in [7, 11) is 0. The van der Waals surface area contributed by atoms with Gasteiger partial charge in [-0.3, -0.25) is 0 Å². The van der Waals surface area contributed by atoms with Crippen LogP contribution in [-0.2, 0) is 0 Å². The zero-order valence-electron chi connectivity index (χ0n) is 22.4. The Kier molecular flexibility index (Phi) is 4.67. The minimum atomic E-state index is 1.20. The van der Waals surface area contributed by atoms with Crippen molar-refractivity contribution >= 4 is 64.9 Å². The number of aromatic nitrogens is 1. The Labute approximate surface area is 237 Å². The van der Waals surface area contributed by atoms with Gasteiger partial charge < -0.3 is 4.57 Å². The summed E-state index contributed by atoms with van der Waals surface area (Å²) in [6.07, 6.45) is 0. The van der Waals surface area contributed by atoms with Gasteiger partial charge >= 0.3 is 0 Å². The first-order chi connectivity index (χ1) is 20.3. The molecule has 0 aliphatic rings. The van der Waals surface area contributed by atoms with Crippen molar-refractivity contribution in [1.29, 1.82) is 0 Å². The second kappa shape index (κ2) is 8.55. The summed E-state index contributed by atoms with van der Waals surface area (Å²) < 4.78 is 2.43. The molecule has 0 amide bonds.